The highest BCUT2D eigenvalue weighted by Gasteiger charge is 2.13. The van der Waals surface area contributed by atoms with Gasteiger partial charge in [0.15, 0.2) is 0 Å². The maximum absolute atomic E-state index is 12.2. The van der Waals surface area contributed by atoms with Gasteiger partial charge in [-0.25, -0.2) is 15.8 Å². The van der Waals surface area contributed by atoms with Crippen LogP contribution in [0, 0.1) is 6.92 Å². The van der Waals surface area contributed by atoms with E-state index in [2.05, 4.69) is 15.4 Å². The van der Waals surface area contributed by atoms with Gasteiger partial charge < -0.3 is 10.3 Å². The molecule has 0 aromatic carbocycles. The van der Waals surface area contributed by atoms with Crippen LogP contribution in [0.2, 0.25) is 0 Å². The van der Waals surface area contributed by atoms with Gasteiger partial charge in [0.1, 0.15) is 5.82 Å². The molecule has 0 aliphatic carbocycles. The second-order valence-electron chi connectivity index (χ2n) is 4.09. The number of aryl methyl sites for hydroxylation is 1. The monoisotopic (exact) mass is 277 g/mol. The van der Waals surface area contributed by atoms with Crippen LogP contribution in [0.5, 0.6) is 0 Å². The van der Waals surface area contributed by atoms with Crippen molar-refractivity contribution in [3.63, 3.8) is 0 Å². The lowest BCUT2D eigenvalue weighted by Crippen LogP contribution is -2.26. The molecule has 0 fully saturated rings. The molecule has 0 unspecified atom stereocenters. The fourth-order valence-corrected chi connectivity index (χ4v) is 2.26. The van der Waals surface area contributed by atoms with Crippen LogP contribution >= 0.6 is 11.3 Å². The predicted octanol–water partition coefficient (Wildman–Crippen LogP) is 1.40. The number of pyridine rings is 1. The Morgan fingerprint density at radius 2 is 2.37 bits per heavy atom. The summed E-state index contributed by atoms with van der Waals surface area (Å²) >= 11 is 1.57. The number of carbonyl (C=O) groups excluding carboxylic acids is 1. The van der Waals surface area contributed by atoms with Gasteiger partial charge in [-0.1, -0.05) is 0 Å². The first kappa shape index (κ1) is 13.4. The minimum atomic E-state index is -0.0930. The third-order valence-corrected chi connectivity index (χ3v) is 3.39. The number of hydrogen-bond acceptors (Lipinski definition) is 6. The van der Waals surface area contributed by atoms with Crippen LogP contribution in [-0.4, -0.2) is 27.8 Å². The summed E-state index contributed by atoms with van der Waals surface area (Å²) in [5.74, 6) is 5.64. The normalized spacial score (nSPS) is 10.3. The van der Waals surface area contributed by atoms with Crippen LogP contribution in [0.15, 0.2) is 23.7 Å². The zero-order chi connectivity index (χ0) is 13.8. The maximum atomic E-state index is 12.2. The second kappa shape index (κ2) is 5.77. The molecule has 0 saturated heterocycles. The summed E-state index contributed by atoms with van der Waals surface area (Å²) < 4.78 is 0. The molecule has 0 spiro atoms. The number of nitrogens with one attached hydrogen (secondary N) is 1. The summed E-state index contributed by atoms with van der Waals surface area (Å²) in [6.45, 7) is 2.43. The SMILES string of the molecule is Cc1nc(CN(C)C(=O)c2ccnc(NN)c2)cs1. The molecule has 2 rings (SSSR count). The molecule has 0 bridgehead atoms. The molecule has 100 valence electrons. The third kappa shape index (κ3) is 3.27. The zero-order valence-corrected chi connectivity index (χ0v) is 11.6. The summed E-state index contributed by atoms with van der Waals surface area (Å²) in [5.41, 5.74) is 3.85. The van der Waals surface area contributed by atoms with Gasteiger partial charge in [-0.15, -0.1) is 11.3 Å². The van der Waals surface area contributed by atoms with Crippen molar-refractivity contribution in [3.05, 3.63) is 40.0 Å². The molecular formula is C12H15N5OS. The van der Waals surface area contributed by atoms with Gasteiger partial charge in [0.25, 0.3) is 5.91 Å². The number of nitrogens with two attached hydrogens (primary N) is 1. The standard InChI is InChI=1S/C12H15N5OS/c1-8-15-10(7-19-8)6-17(2)12(18)9-3-4-14-11(5-9)16-13/h3-5,7H,6,13H2,1-2H3,(H,14,16). The third-order valence-electron chi connectivity index (χ3n) is 2.57. The summed E-state index contributed by atoms with van der Waals surface area (Å²) in [6, 6.07) is 3.27. The molecule has 19 heavy (non-hydrogen) atoms. The van der Waals surface area contributed by atoms with E-state index in [-0.39, 0.29) is 5.91 Å². The lowest BCUT2D eigenvalue weighted by atomic mass is 10.2. The molecule has 2 aromatic rings. The van der Waals surface area contributed by atoms with Gasteiger partial charge in [0, 0.05) is 24.2 Å². The van der Waals surface area contributed by atoms with Crippen LogP contribution in [0.4, 0.5) is 5.82 Å². The number of carbonyl (C=O) groups is 1. The van der Waals surface area contributed by atoms with E-state index in [0.29, 0.717) is 17.9 Å². The fourth-order valence-electron chi connectivity index (χ4n) is 1.66. The molecule has 2 aromatic heterocycles. The van der Waals surface area contributed by atoms with E-state index in [1.54, 1.807) is 41.6 Å². The first-order valence-electron chi connectivity index (χ1n) is 5.69. The van der Waals surface area contributed by atoms with E-state index in [1.807, 2.05) is 12.3 Å². The van der Waals surface area contributed by atoms with Gasteiger partial charge in [0.05, 0.1) is 17.2 Å². The summed E-state index contributed by atoms with van der Waals surface area (Å²) in [6.07, 6.45) is 1.54. The van der Waals surface area contributed by atoms with Crippen molar-refractivity contribution in [1.82, 2.24) is 14.9 Å². The highest BCUT2D eigenvalue weighted by atomic mass is 32.1. The Kier molecular flexibility index (Phi) is 4.08. The first-order valence-corrected chi connectivity index (χ1v) is 6.57. The summed E-state index contributed by atoms with van der Waals surface area (Å²) in [4.78, 5) is 22.2. The van der Waals surface area contributed by atoms with Crippen molar-refractivity contribution in [2.45, 2.75) is 13.5 Å². The van der Waals surface area contributed by atoms with Gasteiger partial charge in [-0.3, -0.25) is 4.79 Å². The largest absolute Gasteiger partial charge is 0.336 e. The number of amides is 1. The number of anilines is 1. The lowest BCUT2D eigenvalue weighted by molar-refractivity contribution is 0.0783. The molecule has 0 radical (unpaired) electrons. The van der Waals surface area contributed by atoms with Crippen molar-refractivity contribution < 1.29 is 4.79 Å². The Bertz CT molecular complexity index is 583. The second-order valence-corrected chi connectivity index (χ2v) is 5.16. The number of hydrazine groups is 1. The molecule has 0 aliphatic heterocycles. The summed E-state index contributed by atoms with van der Waals surface area (Å²) in [7, 11) is 1.74. The van der Waals surface area contributed by atoms with Crippen LogP contribution < -0.4 is 11.3 Å². The number of hydrogen-bond donors (Lipinski definition) is 2. The molecule has 0 atom stereocenters. The minimum Gasteiger partial charge on any atom is -0.336 e. The average Bonchev–Trinajstić information content (AvgIpc) is 2.83. The van der Waals surface area contributed by atoms with E-state index in [4.69, 9.17) is 5.84 Å². The van der Waals surface area contributed by atoms with E-state index in [9.17, 15) is 4.79 Å². The minimum absolute atomic E-state index is 0.0930. The summed E-state index contributed by atoms with van der Waals surface area (Å²) in [5, 5.41) is 2.95. The van der Waals surface area contributed by atoms with Crippen molar-refractivity contribution in [2.24, 2.45) is 5.84 Å². The zero-order valence-electron chi connectivity index (χ0n) is 10.8. The van der Waals surface area contributed by atoms with Crippen LogP contribution in [-0.2, 0) is 6.54 Å². The van der Waals surface area contributed by atoms with E-state index >= 15 is 0 Å². The maximum Gasteiger partial charge on any atom is 0.254 e. The van der Waals surface area contributed by atoms with Crippen LogP contribution in [0.25, 0.3) is 0 Å². The number of nitrogens with zero attached hydrogens (tertiary/aromatic N) is 3. The van der Waals surface area contributed by atoms with Crippen molar-refractivity contribution in [2.75, 3.05) is 12.5 Å². The fraction of sp³-hybridized carbons (Fsp3) is 0.250. The molecule has 1 amide bonds. The quantitative estimate of drug-likeness (QED) is 0.652. The molecule has 3 N–H and O–H groups in total. The first-order chi connectivity index (χ1) is 9.10. The Hall–Kier alpha value is -1.99. The number of aromatic nitrogens is 2. The van der Waals surface area contributed by atoms with Crippen molar-refractivity contribution in [3.8, 4) is 0 Å². The van der Waals surface area contributed by atoms with Crippen molar-refractivity contribution >= 4 is 23.1 Å². The van der Waals surface area contributed by atoms with E-state index < -0.39 is 0 Å². The number of nitrogen functional groups attached to an aromatic ring is 1. The molecule has 2 heterocycles. The highest BCUT2D eigenvalue weighted by Crippen LogP contribution is 2.13. The van der Waals surface area contributed by atoms with Crippen molar-refractivity contribution in [1.29, 1.82) is 0 Å². The van der Waals surface area contributed by atoms with Crippen LogP contribution in [0.3, 0.4) is 0 Å². The number of rotatable bonds is 4. The Balaban J connectivity index is 2.09. The van der Waals surface area contributed by atoms with E-state index in [1.165, 1.54) is 0 Å². The van der Waals surface area contributed by atoms with Gasteiger partial charge in [-0.05, 0) is 19.1 Å². The Labute approximate surface area is 115 Å². The molecule has 0 aliphatic rings. The topological polar surface area (TPSA) is 84.1 Å². The number of thiazole rings is 1. The van der Waals surface area contributed by atoms with Gasteiger partial charge in [0.2, 0.25) is 0 Å². The lowest BCUT2D eigenvalue weighted by Gasteiger charge is -2.16. The van der Waals surface area contributed by atoms with E-state index in [0.717, 1.165) is 10.7 Å². The molecule has 0 saturated carbocycles. The molecule has 7 heteroatoms. The Morgan fingerprint density at radius 3 is 3.00 bits per heavy atom. The van der Waals surface area contributed by atoms with Gasteiger partial charge in [-0.2, -0.15) is 0 Å². The average molecular weight is 277 g/mol. The van der Waals surface area contributed by atoms with Gasteiger partial charge >= 0.3 is 0 Å². The molecule has 6 nitrogen and oxygen atoms in total. The smallest absolute Gasteiger partial charge is 0.254 e. The Morgan fingerprint density at radius 1 is 1.58 bits per heavy atom. The van der Waals surface area contributed by atoms with Crippen LogP contribution in [0.1, 0.15) is 21.1 Å². The predicted molar refractivity (Wildman–Crippen MR) is 74.7 cm³/mol. The highest BCUT2D eigenvalue weighted by molar-refractivity contribution is 7.09. The molecular weight excluding hydrogens is 262 g/mol.